The molecule has 2 aromatic rings. The summed E-state index contributed by atoms with van der Waals surface area (Å²) in [7, 11) is 0. The maximum atomic E-state index is 13.7. The topological polar surface area (TPSA) is 61.4 Å². The SMILES string of the molecule is C[C@@H]1CC(C)(C)N2C(=O)[C@]3(NC(=O)c4ccccc4N3)c3cccc1c32. The van der Waals surface area contributed by atoms with Crippen LogP contribution in [0.25, 0.3) is 0 Å². The largest absolute Gasteiger partial charge is 0.350 e. The van der Waals surface area contributed by atoms with Gasteiger partial charge in [-0.25, -0.2) is 0 Å². The van der Waals surface area contributed by atoms with Crippen LogP contribution in [-0.4, -0.2) is 17.4 Å². The average Bonchev–Trinajstić information content (AvgIpc) is 2.83. The molecule has 3 heterocycles. The molecule has 26 heavy (non-hydrogen) atoms. The summed E-state index contributed by atoms with van der Waals surface area (Å²) in [4.78, 5) is 28.4. The predicted octanol–water partition coefficient (Wildman–Crippen LogP) is 3.33. The van der Waals surface area contributed by atoms with Crippen molar-refractivity contribution in [3.63, 3.8) is 0 Å². The normalized spacial score (nSPS) is 27.7. The molecule has 2 N–H and O–H groups in total. The molecule has 3 aliphatic rings. The van der Waals surface area contributed by atoms with Crippen molar-refractivity contribution >= 4 is 23.2 Å². The fraction of sp³-hybridized carbons (Fsp3) is 0.333. The second-order valence-electron chi connectivity index (χ2n) is 8.18. The molecular formula is C21H21N3O2. The summed E-state index contributed by atoms with van der Waals surface area (Å²) in [6, 6.07) is 13.3. The van der Waals surface area contributed by atoms with Crippen LogP contribution in [0.15, 0.2) is 42.5 Å². The molecule has 0 bridgehead atoms. The second-order valence-corrected chi connectivity index (χ2v) is 8.18. The monoisotopic (exact) mass is 347 g/mol. The lowest BCUT2D eigenvalue weighted by atomic mass is 9.80. The summed E-state index contributed by atoms with van der Waals surface area (Å²) in [5.41, 5.74) is 2.65. The van der Waals surface area contributed by atoms with Gasteiger partial charge in [0.25, 0.3) is 11.8 Å². The van der Waals surface area contributed by atoms with E-state index in [0.717, 1.165) is 17.7 Å². The van der Waals surface area contributed by atoms with E-state index >= 15 is 0 Å². The minimum Gasteiger partial charge on any atom is -0.350 e. The maximum absolute atomic E-state index is 13.7. The Morgan fingerprint density at radius 2 is 1.81 bits per heavy atom. The van der Waals surface area contributed by atoms with Crippen LogP contribution in [-0.2, 0) is 10.5 Å². The number of fused-ring (bicyclic) bond motifs is 2. The number of nitrogens with zero attached hydrogens (tertiary/aromatic N) is 1. The summed E-state index contributed by atoms with van der Waals surface area (Å²) < 4.78 is 0. The molecule has 0 fully saturated rings. The first kappa shape index (κ1) is 15.4. The zero-order valence-electron chi connectivity index (χ0n) is 15.1. The van der Waals surface area contributed by atoms with Gasteiger partial charge in [0.2, 0.25) is 5.66 Å². The van der Waals surface area contributed by atoms with E-state index in [1.165, 1.54) is 5.56 Å². The fourth-order valence-corrected chi connectivity index (χ4v) is 4.93. The first-order chi connectivity index (χ1) is 12.3. The van der Waals surface area contributed by atoms with Gasteiger partial charge in [-0.1, -0.05) is 37.3 Å². The van der Waals surface area contributed by atoms with Gasteiger partial charge < -0.3 is 15.5 Å². The number of hydrogen-bond donors (Lipinski definition) is 2. The Balaban J connectivity index is 1.78. The molecule has 3 aliphatic heterocycles. The van der Waals surface area contributed by atoms with E-state index in [4.69, 9.17) is 0 Å². The Bertz CT molecular complexity index is 981. The standard InChI is InChI=1S/C21H21N3O2/c1-12-11-20(2,3)24-17-13(12)8-6-9-15(17)21(19(24)26)22-16-10-5-4-7-14(16)18(25)23-21/h4-10,12,22H,11H2,1-3H3,(H,23,25)/t12-,21-/m1/s1. The zero-order chi connectivity index (χ0) is 18.3. The number of rotatable bonds is 0. The van der Waals surface area contributed by atoms with Gasteiger partial charge in [0.05, 0.1) is 11.3 Å². The van der Waals surface area contributed by atoms with Crippen molar-refractivity contribution in [2.45, 2.75) is 44.3 Å². The molecular weight excluding hydrogens is 326 g/mol. The summed E-state index contributed by atoms with van der Waals surface area (Å²) >= 11 is 0. The summed E-state index contributed by atoms with van der Waals surface area (Å²) in [6.45, 7) is 6.39. The number of anilines is 2. The summed E-state index contributed by atoms with van der Waals surface area (Å²) in [5.74, 6) is 0.0152. The van der Waals surface area contributed by atoms with Gasteiger partial charge in [-0.15, -0.1) is 0 Å². The van der Waals surface area contributed by atoms with Crippen LogP contribution >= 0.6 is 0 Å². The van der Waals surface area contributed by atoms with Gasteiger partial charge in [0.15, 0.2) is 0 Å². The Morgan fingerprint density at radius 1 is 1.04 bits per heavy atom. The number of carbonyl (C=O) groups excluding carboxylic acids is 2. The summed E-state index contributed by atoms with van der Waals surface area (Å²) in [6.07, 6.45) is 0.885. The molecule has 2 aromatic carbocycles. The van der Waals surface area contributed by atoms with Gasteiger partial charge in [-0.05, 0) is 43.9 Å². The van der Waals surface area contributed by atoms with Crippen molar-refractivity contribution in [3.8, 4) is 0 Å². The smallest absolute Gasteiger partial charge is 0.279 e. The van der Waals surface area contributed by atoms with Gasteiger partial charge in [-0.2, -0.15) is 0 Å². The van der Waals surface area contributed by atoms with Gasteiger partial charge >= 0.3 is 0 Å². The van der Waals surface area contributed by atoms with Crippen LogP contribution < -0.4 is 15.5 Å². The number of carbonyl (C=O) groups is 2. The zero-order valence-corrected chi connectivity index (χ0v) is 15.1. The second kappa shape index (κ2) is 4.67. The number of nitrogens with one attached hydrogen (secondary N) is 2. The number of para-hydroxylation sites is 2. The Labute approximate surface area is 152 Å². The number of benzene rings is 2. The molecule has 0 radical (unpaired) electrons. The van der Waals surface area contributed by atoms with Crippen molar-refractivity contribution in [1.82, 2.24) is 5.32 Å². The fourth-order valence-electron chi connectivity index (χ4n) is 4.93. The first-order valence-corrected chi connectivity index (χ1v) is 9.03. The van der Waals surface area contributed by atoms with Crippen LogP contribution in [0.2, 0.25) is 0 Å². The predicted molar refractivity (Wildman–Crippen MR) is 100 cm³/mol. The third kappa shape index (κ3) is 1.70. The molecule has 2 amide bonds. The lowest BCUT2D eigenvalue weighted by Gasteiger charge is -2.44. The van der Waals surface area contributed by atoms with E-state index in [2.05, 4.69) is 37.5 Å². The lowest BCUT2D eigenvalue weighted by Crippen LogP contribution is -2.63. The van der Waals surface area contributed by atoms with Gasteiger partial charge in [-0.3, -0.25) is 9.59 Å². The molecule has 1 spiro atoms. The van der Waals surface area contributed by atoms with Gasteiger partial charge in [0.1, 0.15) is 0 Å². The number of amides is 2. The molecule has 0 aromatic heterocycles. The maximum Gasteiger partial charge on any atom is 0.279 e. The van der Waals surface area contributed by atoms with Crippen molar-refractivity contribution in [1.29, 1.82) is 0 Å². The van der Waals surface area contributed by atoms with Crippen LogP contribution in [0.4, 0.5) is 11.4 Å². The molecule has 2 atom stereocenters. The third-order valence-corrected chi connectivity index (χ3v) is 5.96. The van der Waals surface area contributed by atoms with E-state index in [-0.39, 0.29) is 17.4 Å². The molecule has 5 nitrogen and oxygen atoms in total. The molecule has 5 heteroatoms. The van der Waals surface area contributed by atoms with Crippen molar-refractivity contribution < 1.29 is 9.59 Å². The van der Waals surface area contributed by atoms with Crippen LogP contribution in [0.1, 0.15) is 54.6 Å². The molecule has 0 saturated carbocycles. The number of hydrogen-bond acceptors (Lipinski definition) is 3. The minimum atomic E-state index is -1.24. The Hall–Kier alpha value is -2.82. The first-order valence-electron chi connectivity index (χ1n) is 9.03. The highest BCUT2D eigenvalue weighted by molar-refractivity contribution is 6.16. The quantitative estimate of drug-likeness (QED) is 0.768. The third-order valence-electron chi connectivity index (χ3n) is 5.96. The van der Waals surface area contributed by atoms with Crippen LogP contribution in [0.3, 0.4) is 0 Å². The molecule has 5 rings (SSSR count). The van der Waals surface area contributed by atoms with Crippen molar-refractivity contribution in [3.05, 3.63) is 59.2 Å². The molecule has 0 saturated heterocycles. The minimum absolute atomic E-state index is 0.111. The average molecular weight is 347 g/mol. The van der Waals surface area contributed by atoms with Crippen LogP contribution in [0.5, 0.6) is 0 Å². The molecule has 132 valence electrons. The Morgan fingerprint density at radius 3 is 2.62 bits per heavy atom. The van der Waals surface area contributed by atoms with E-state index in [9.17, 15) is 9.59 Å². The van der Waals surface area contributed by atoms with Crippen molar-refractivity contribution in [2.75, 3.05) is 10.2 Å². The molecule has 0 unspecified atom stereocenters. The highest BCUT2D eigenvalue weighted by atomic mass is 16.2. The Kier molecular flexibility index (Phi) is 2.77. The van der Waals surface area contributed by atoms with Crippen LogP contribution in [0, 0.1) is 0 Å². The molecule has 0 aliphatic carbocycles. The van der Waals surface area contributed by atoms with E-state index in [0.29, 0.717) is 17.2 Å². The van der Waals surface area contributed by atoms with Gasteiger partial charge in [0, 0.05) is 16.8 Å². The van der Waals surface area contributed by atoms with E-state index in [1.54, 1.807) is 6.07 Å². The lowest BCUT2D eigenvalue weighted by molar-refractivity contribution is -0.124. The highest BCUT2D eigenvalue weighted by Gasteiger charge is 2.59. The van der Waals surface area contributed by atoms with E-state index in [1.807, 2.05) is 35.2 Å². The summed E-state index contributed by atoms with van der Waals surface area (Å²) in [5, 5.41) is 6.34. The highest BCUT2D eigenvalue weighted by Crippen LogP contribution is 2.53. The van der Waals surface area contributed by atoms with Crippen molar-refractivity contribution in [2.24, 2.45) is 0 Å². The van der Waals surface area contributed by atoms with E-state index < -0.39 is 5.66 Å².